The van der Waals surface area contributed by atoms with Gasteiger partial charge in [0.1, 0.15) is 5.75 Å². The van der Waals surface area contributed by atoms with E-state index in [4.69, 9.17) is 16.3 Å². The van der Waals surface area contributed by atoms with Crippen molar-refractivity contribution in [2.24, 2.45) is 0 Å². The number of ether oxygens (including phenoxy) is 1. The molecular formula is C29H29ClN2O2. The molecule has 0 saturated carbocycles. The van der Waals surface area contributed by atoms with Gasteiger partial charge in [0.2, 0.25) is 0 Å². The largest absolute Gasteiger partial charge is 0.493 e. The fourth-order valence-electron chi connectivity index (χ4n) is 4.87. The lowest BCUT2D eigenvalue weighted by atomic mass is 9.78. The van der Waals surface area contributed by atoms with Crippen LogP contribution in [0, 0.1) is 0 Å². The molecule has 2 atom stereocenters. The number of hydrogen-bond donors (Lipinski definition) is 2. The van der Waals surface area contributed by atoms with E-state index in [-0.39, 0.29) is 17.7 Å². The van der Waals surface area contributed by atoms with Crippen LogP contribution in [0.25, 0.3) is 0 Å². The molecule has 3 aromatic carbocycles. The highest BCUT2D eigenvalue weighted by Gasteiger charge is 2.37. The highest BCUT2D eigenvalue weighted by Crippen LogP contribution is 2.45. The number of fused-ring (bicyclic) bond motifs is 1. The van der Waals surface area contributed by atoms with E-state index in [2.05, 4.69) is 35.8 Å². The van der Waals surface area contributed by atoms with Crippen molar-refractivity contribution in [3.05, 3.63) is 100 Å². The van der Waals surface area contributed by atoms with Gasteiger partial charge in [-0.2, -0.15) is 0 Å². The summed E-state index contributed by atoms with van der Waals surface area (Å²) in [7, 11) is 0. The number of rotatable bonds is 6. The minimum absolute atomic E-state index is 0.109. The van der Waals surface area contributed by atoms with E-state index in [1.807, 2.05) is 54.6 Å². The summed E-state index contributed by atoms with van der Waals surface area (Å²) in [5, 5.41) is 7.97. The minimum atomic E-state index is -0.289. The predicted octanol–water partition coefficient (Wildman–Crippen LogP) is 7.50. The first kappa shape index (κ1) is 22.5. The van der Waals surface area contributed by atoms with Gasteiger partial charge in [0, 0.05) is 28.3 Å². The zero-order valence-electron chi connectivity index (χ0n) is 19.3. The highest BCUT2D eigenvalue weighted by molar-refractivity contribution is 6.30. The number of carbonyl (C=O) groups excluding carboxylic acids is 1. The van der Waals surface area contributed by atoms with Gasteiger partial charge < -0.3 is 15.4 Å². The van der Waals surface area contributed by atoms with Gasteiger partial charge in [-0.25, -0.2) is 0 Å². The van der Waals surface area contributed by atoms with E-state index in [1.54, 1.807) is 0 Å². The Morgan fingerprint density at radius 2 is 1.68 bits per heavy atom. The van der Waals surface area contributed by atoms with Crippen molar-refractivity contribution < 1.29 is 9.53 Å². The van der Waals surface area contributed by atoms with E-state index >= 15 is 0 Å². The standard InChI is InChI=1S/C29H29ClN2O2/c1-2-3-16-34-27-11-7-4-8-22(27)29-28-25(31-23-9-5-6-10-24(23)32-29)17-20(18-26(28)33)19-12-14-21(30)15-13-19/h4-15,20,29,31-32H,2-3,16-18H2,1H3. The summed E-state index contributed by atoms with van der Waals surface area (Å²) in [5.41, 5.74) is 5.85. The summed E-state index contributed by atoms with van der Waals surface area (Å²) in [6.07, 6.45) is 3.29. The number of anilines is 2. The van der Waals surface area contributed by atoms with Crippen LogP contribution in [0.5, 0.6) is 5.75 Å². The number of benzene rings is 3. The first-order valence-electron chi connectivity index (χ1n) is 12.0. The topological polar surface area (TPSA) is 50.4 Å². The maximum absolute atomic E-state index is 13.7. The molecule has 2 aliphatic rings. The van der Waals surface area contributed by atoms with Crippen molar-refractivity contribution in [2.45, 2.75) is 44.6 Å². The third-order valence-electron chi connectivity index (χ3n) is 6.64. The Morgan fingerprint density at radius 3 is 2.47 bits per heavy atom. The molecule has 3 aromatic rings. The van der Waals surface area contributed by atoms with Crippen molar-refractivity contribution in [3.63, 3.8) is 0 Å². The van der Waals surface area contributed by atoms with Gasteiger partial charge in [-0.3, -0.25) is 4.79 Å². The Morgan fingerprint density at radius 1 is 0.941 bits per heavy atom. The summed E-state index contributed by atoms with van der Waals surface area (Å²) in [6.45, 7) is 2.81. The Bertz CT molecular complexity index is 1220. The first-order chi connectivity index (χ1) is 16.6. The molecule has 5 rings (SSSR count). The minimum Gasteiger partial charge on any atom is -0.493 e. The monoisotopic (exact) mass is 472 g/mol. The quantitative estimate of drug-likeness (QED) is 0.365. The number of carbonyl (C=O) groups is 1. The van der Waals surface area contributed by atoms with Gasteiger partial charge in [0.25, 0.3) is 0 Å². The van der Waals surface area contributed by atoms with E-state index in [9.17, 15) is 4.79 Å². The first-order valence-corrected chi connectivity index (χ1v) is 12.4. The summed E-state index contributed by atoms with van der Waals surface area (Å²) in [4.78, 5) is 13.7. The smallest absolute Gasteiger partial charge is 0.163 e. The molecule has 2 unspecified atom stereocenters. The van der Waals surface area contributed by atoms with Gasteiger partial charge in [-0.1, -0.05) is 67.4 Å². The van der Waals surface area contributed by atoms with Crippen LogP contribution in [0.2, 0.25) is 5.02 Å². The molecule has 34 heavy (non-hydrogen) atoms. The molecule has 1 heterocycles. The van der Waals surface area contributed by atoms with Crippen molar-refractivity contribution >= 4 is 28.8 Å². The fraction of sp³-hybridized carbons (Fsp3) is 0.276. The maximum Gasteiger partial charge on any atom is 0.163 e. The molecule has 5 heteroatoms. The van der Waals surface area contributed by atoms with Crippen LogP contribution in [0.15, 0.2) is 84.1 Å². The van der Waals surface area contributed by atoms with Crippen LogP contribution in [-0.4, -0.2) is 12.4 Å². The van der Waals surface area contributed by atoms with Gasteiger partial charge in [0.05, 0.1) is 24.0 Å². The molecule has 0 radical (unpaired) electrons. The van der Waals surface area contributed by atoms with E-state index in [1.165, 1.54) is 0 Å². The van der Waals surface area contributed by atoms with Gasteiger partial charge in [-0.15, -0.1) is 0 Å². The number of allylic oxidation sites excluding steroid dienone is 1. The average molecular weight is 473 g/mol. The van der Waals surface area contributed by atoms with Gasteiger partial charge in [-0.05, 0) is 54.7 Å². The average Bonchev–Trinajstić information content (AvgIpc) is 3.02. The Labute approximate surface area is 206 Å². The van der Waals surface area contributed by atoms with Crippen LogP contribution in [0.4, 0.5) is 11.4 Å². The van der Waals surface area contributed by atoms with E-state index in [0.29, 0.717) is 18.1 Å². The molecule has 0 fully saturated rings. The molecule has 0 spiro atoms. The summed E-state index contributed by atoms with van der Waals surface area (Å²) in [5.74, 6) is 1.09. The van der Waals surface area contributed by atoms with Crippen molar-refractivity contribution in [1.82, 2.24) is 0 Å². The normalized spacial score (nSPS) is 19.4. The number of unbranched alkanes of at least 4 members (excludes halogenated alkanes) is 1. The number of ketones is 1. The summed E-state index contributed by atoms with van der Waals surface area (Å²) in [6, 6.07) is 23.8. The molecule has 0 saturated heterocycles. The van der Waals surface area contributed by atoms with E-state index in [0.717, 1.165) is 58.8 Å². The number of para-hydroxylation sites is 3. The lowest BCUT2D eigenvalue weighted by Crippen LogP contribution is -2.27. The fourth-order valence-corrected chi connectivity index (χ4v) is 5.00. The van der Waals surface area contributed by atoms with E-state index < -0.39 is 0 Å². The summed E-state index contributed by atoms with van der Waals surface area (Å²) >= 11 is 6.11. The predicted molar refractivity (Wildman–Crippen MR) is 139 cm³/mol. The van der Waals surface area contributed by atoms with Crippen LogP contribution < -0.4 is 15.4 Å². The highest BCUT2D eigenvalue weighted by atomic mass is 35.5. The molecule has 4 nitrogen and oxygen atoms in total. The molecule has 0 bridgehead atoms. The van der Waals surface area contributed by atoms with Crippen molar-refractivity contribution in [3.8, 4) is 5.75 Å². The molecule has 1 aliphatic carbocycles. The Hall–Kier alpha value is -3.24. The van der Waals surface area contributed by atoms with Crippen LogP contribution in [0.3, 0.4) is 0 Å². The molecule has 1 aliphatic heterocycles. The number of halogens is 1. The molecular weight excluding hydrogens is 444 g/mol. The maximum atomic E-state index is 13.7. The molecule has 2 N–H and O–H groups in total. The van der Waals surface area contributed by atoms with Crippen molar-refractivity contribution in [1.29, 1.82) is 0 Å². The third kappa shape index (κ3) is 4.55. The lowest BCUT2D eigenvalue weighted by Gasteiger charge is -2.30. The van der Waals surface area contributed by atoms with Gasteiger partial charge >= 0.3 is 0 Å². The van der Waals surface area contributed by atoms with Gasteiger partial charge in [0.15, 0.2) is 5.78 Å². The lowest BCUT2D eigenvalue weighted by molar-refractivity contribution is -0.116. The molecule has 174 valence electrons. The molecule has 0 aromatic heterocycles. The second-order valence-corrected chi connectivity index (χ2v) is 9.40. The van der Waals surface area contributed by atoms with Crippen molar-refractivity contribution in [2.75, 3.05) is 17.2 Å². The SMILES string of the molecule is CCCCOc1ccccc1C1Nc2ccccc2NC2=C1C(=O)CC(c1ccc(Cl)cc1)C2. The number of nitrogens with one attached hydrogen (secondary N) is 2. The molecule has 0 amide bonds. The Kier molecular flexibility index (Phi) is 6.59. The zero-order chi connectivity index (χ0) is 23.5. The number of hydrogen-bond acceptors (Lipinski definition) is 4. The second kappa shape index (κ2) is 9.94. The summed E-state index contributed by atoms with van der Waals surface area (Å²) < 4.78 is 6.17. The Balaban J connectivity index is 1.57. The second-order valence-electron chi connectivity index (χ2n) is 8.96. The van der Waals surface area contributed by atoms with Crippen LogP contribution >= 0.6 is 11.6 Å². The van der Waals surface area contributed by atoms with Crippen LogP contribution in [-0.2, 0) is 4.79 Å². The van der Waals surface area contributed by atoms with Crippen LogP contribution in [0.1, 0.15) is 55.7 Å². The zero-order valence-corrected chi connectivity index (χ0v) is 20.1. The third-order valence-corrected chi connectivity index (χ3v) is 6.89. The number of Topliss-reactive ketones (excluding diaryl/α,β-unsaturated/α-hetero) is 1.